The Labute approximate surface area is 150 Å². The van der Waals surface area contributed by atoms with E-state index >= 15 is 0 Å². The second kappa shape index (κ2) is 12.9. The minimum Gasteiger partial charge on any atom is -0.480 e. The molecule has 1 saturated heterocycles. The number of aliphatic carboxylic acids is 1. The van der Waals surface area contributed by atoms with Crippen LogP contribution < -0.4 is 0 Å². The number of unbranched alkanes of at least 4 members (excludes halogenated alkanes) is 3. The Balaban J connectivity index is 2.36. The van der Waals surface area contributed by atoms with Gasteiger partial charge in [-0.3, -0.25) is 4.79 Å². The second-order valence-corrected chi connectivity index (χ2v) is 6.65. The summed E-state index contributed by atoms with van der Waals surface area (Å²) in [5, 5.41) is 18.5. The van der Waals surface area contributed by atoms with Crippen LogP contribution in [0.3, 0.4) is 0 Å². The highest BCUT2D eigenvalue weighted by atomic mass is 16.5. The molecule has 1 fully saturated rings. The summed E-state index contributed by atoms with van der Waals surface area (Å²) in [7, 11) is 0. The van der Waals surface area contributed by atoms with E-state index in [0.717, 1.165) is 51.4 Å². The van der Waals surface area contributed by atoms with Gasteiger partial charge in [0.1, 0.15) is 6.61 Å². The standard InChI is InChI=1S/C19H33NO5/c1-2-3-4-9-17(21)12-11-16-8-7-10-18(22)20(16)13-5-6-14-25-15-19(23)24/h11-12,16-17,21H,2-10,13-15H2,1H3,(H,23,24)/t16-,17?/m1/s1. The van der Waals surface area contributed by atoms with Gasteiger partial charge in [0.25, 0.3) is 0 Å². The van der Waals surface area contributed by atoms with Crippen molar-refractivity contribution < 1.29 is 24.5 Å². The SMILES string of the molecule is CCCCCC(O)C=C[C@H]1CCCC(=O)N1CCCCOCC(=O)O. The van der Waals surface area contributed by atoms with Crippen molar-refractivity contribution in [1.29, 1.82) is 0 Å². The molecule has 2 atom stereocenters. The van der Waals surface area contributed by atoms with Gasteiger partial charge in [-0.1, -0.05) is 38.3 Å². The van der Waals surface area contributed by atoms with E-state index in [-0.39, 0.29) is 18.6 Å². The minimum atomic E-state index is -0.964. The smallest absolute Gasteiger partial charge is 0.329 e. The van der Waals surface area contributed by atoms with Crippen molar-refractivity contribution in [1.82, 2.24) is 4.90 Å². The molecule has 144 valence electrons. The minimum absolute atomic E-state index is 0.0574. The van der Waals surface area contributed by atoms with Crippen molar-refractivity contribution in [3.05, 3.63) is 12.2 Å². The Hall–Kier alpha value is -1.40. The number of likely N-dealkylation sites (tertiary alicyclic amines) is 1. The number of aliphatic hydroxyl groups excluding tert-OH is 1. The van der Waals surface area contributed by atoms with E-state index in [1.54, 1.807) is 0 Å². The third kappa shape index (κ3) is 9.60. The first kappa shape index (κ1) is 21.6. The summed E-state index contributed by atoms with van der Waals surface area (Å²) in [6, 6.07) is 0.0574. The van der Waals surface area contributed by atoms with Gasteiger partial charge in [-0.15, -0.1) is 0 Å². The van der Waals surface area contributed by atoms with Gasteiger partial charge < -0.3 is 19.8 Å². The summed E-state index contributed by atoms with van der Waals surface area (Å²) in [4.78, 5) is 24.4. The molecule has 1 unspecified atom stereocenters. The monoisotopic (exact) mass is 355 g/mol. The number of hydrogen-bond donors (Lipinski definition) is 2. The molecule has 1 amide bonds. The third-order valence-electron chi connectivity index (χ3n) is 4.43. The zero-order chi connectivity index (χ0) is 18.5. The van der Waals surface area contributed by atoms with Crippen LogP contribution in [-0.2, 0) is 14.3 Å². The Bertz CT molecular complexity index is 424. The number of carbonyl (C=O) groups excluding carboxylic acids is 1. The quantitative estimate of drug-likeness (QED) is 0.392. The zero-order valence-corrected chi connectivity index (χ0v) is 15.4. The van der Waals surface area contributed by atoms with Crippen molar-refractivity contribution >= 4 is 11.9 Å². The van der Waals surface area contributed by atoms with Crippen LogP contribution in [0.1, 0.15) is 64.7 Å². The van der Waals surface area contributed by atoms with Crippen molar-refractivity contribution in [2.45, 2.75) is 76.9 Å². The van der Waals surface area contributed by atoms with Crippen LogP contribution in [0.5, 0.6) is 0 Å². The zero-order valence-electron chi connectivity index (χ0n) is 15.4. The molecule has 0 aromatic rings. The molecule has 0 aromatic carbocycles. The molecule has 0 spiro atoms. The lowest BCUT2D eigenvalue weighted by atomic mass is 9.99. The Kier molecular flexibility index (Phi) is 11.2. The van der Waals surface area contributed by atoms with Gasteiger partial charge in [0, 0.05) is 19.6 Å². The van der Waals surface area contributed by atoms with E-state index in [9.17, 15) is 14.7 Å². The molecule has 0 radical (unpaired) electrons. The topological polar surface area (TPSA) is 87.1 Å². The largest absolute Gasteiger partial charge is 0.480 e. The Morgan fingerprint density at radius 3 is 2.88 bits per heavy atom. The molecule has 0 aliphatic carbocycles. The number of hydrogen-bond acceptors (Lipinski definition) is 4. The van der Waals surface area contributed by atoms with Gasteiger partial charge in [-0.2, -0.15) is 0 Å². The number of nitrogens with zero attached hydrogens (tertiary/aromatic N) is 1. The number of piperidine rings is 1. The number of carboxylic acid groups (broad SMARTS) is 1. The van der Waals surface area contributed by atoms with Crippen LogP contribution in [0.4, 0.5) is 0 Å². The van der Waals surface area contributed by atoms with Gasteiger partial charge in [0.2, 0.25) is 5.91 Å². The van der Waals surface area contributed by atoms with E-state index < -0.39 is 12.1 Å². The number of amides is 1. The average molecular weight is 355 g/mol. The summed E-state index contributed by atoms with van der Waals surface area (Å²) in [6.45, 7) is 2.91. The summed E-state index contributed by atoms with van der Waals surface area (Å²) in [5.74, 6) is -0.804. The summed E-state index contributed by atoms with van der Waals surface area (Å²) in [5.41, 5.74) is 0. The van der Waals surface area contributed by atoms with Gasteiger partial charge in [-0.05, 0) is 32.1 Å². The summed E-state index contributed by atoms with van der Waals surface area (Å²) >= 11 is 0. The predicted octanol–water partition coefficient (Wildman–Crippen LogP) is 2.75. The number of aliphatic hydroxyl groups is 1. The number of rotatable bonds is 13. The van der Waals surface area contributed by atoms with E-state index in [0.29, 0.717) is 19.6 Å². The van der Waals surface area contributed by atoms with Gasteiger partial charge in [-0.25, -0.2) is 4.79 Å². The lowest BCUT2D eigenvalue weighted by molar-refractivity contribution is -0.142. The molecule has 0 bridgehead atoms. The maximum atomic E-state index is 12.2. The third-order valence-corrected chi connectivity index (χ3v) is 4.43. The molecule has 1 heterocycles. The van der Waals surface area contributed by atoms with Crippen LogP contribution >= 0.6 is 0 Å². The van der Waals surface area contributed by atoms with Crippen LogP contribution in [0.2, 0.25) is 0 Å². The fourth-order valence-corrected chi connectivity index (χ4v) is 3.04. The first-order chi connectivity index (χ1) is 12.0. The van der Waals surface area contributed by atoms with Gasteiger partial charge in [0.15, 0.2) is 0 Å². The lowest BCUT2D eigenvalue weighted by Gasteiger charge is -2.34. The van der Waals surface area contributed by atoms with Crippen molar-refractivity contribution in [2.24, 2.45) is 0 Å². The molecule has 1 aliphatic rings. The van der Waals surface area contributed by atoms with E-state index in [2.05, 4.69) is 6.92 Å². The summed E-state index contributed by atoms with van der Waals surface area (Å²) in [6.07, 6.45) is 11.3. The maximum absolute atomic E-state index is 12.2. The molecule has 0 aromatic heterocycles. The molecule has 25 heavy (non-hydrogen) atoms. The fraction of sp³-hybridized carbons (Fsp3) is 0.789. The molecule has 6 heteroatoms. The molecule has 0 saturated carbocycles. The molecule has 6 nitrogen and oxygen atoms in total. The van der Waals surface area contributed by atoms with E-state index in [1.165, 1.54) is 0 Å². The number of carbonyl (C=O) groups is 2. The molecule has 2 N–H and O–H groups in total. The Morgan fingerprint density at radius 1 is 1.36 bits per heavy atom. The van der Waals surface area contributed by atoms with Crippen molar-refractivity contribution in [3.8, 4) is 0 Å². The second-order valence-electron chi connectivity index (χ2n) is 6.65. The highest BCUT2D eigenvalue weighted by molar-refractivity contribution is 5.77. The predicted molar refractivity (Wildman–Crippen MR) is 96.3 cm³/mol. The molecular weight excluding hydrogens is 322 g/mol. The normalized spacial score (nSPS) is 19.5. The first-order valence-corrected chi connectivity index (χ1v) is 9.50. The molecular formula is C19H33NO5. The van der Waals surface area contributed by atoms with Crippen molar-refractivity contribution in [3.63, 3.8) is 0 Å². The van der Waals surface area contributed by atoms with Gasteiger partial charge in [0.05, 0.1) is 12.1 Å². The number of ether oxygens (including phenoxy) is 1. The maximum Gasteiger partial charge on any atom is 0.329 e. The Morgan fingerprint density at radius 2 is 2.16 bits per heavy atom. The van der Waals surface area contributed by atoms with E-state index in [1.807, 2.05) is 17.1 Å². The van der Waals surface area contributed by atoms with Crippen LogP contribution in [0.25, 0.3) is 0 Å². The van der Waals surface area contributed by atoms with Crippen LogP contribution in [0, 0.1) is 0 Å². The molecule has 1 rings (SSSR count). The van der Waals surface area contributed by atoms with Gasteiger partial charge >= 0.3 is 5.97 Å². The van der Waals surface area contributed by atoms with Crippen LogP contribution in [-0.4, -0.2) is 58.9 Å². The molecule has 1 aliphatic heterocycles. The average Bonchev–Trinajstić information content (AvgIpc) is 2.57. The van der Waals surface area contributed by atoms with Crippen molar-refractivity contribution in [2.75, 3.05) is 19.8 Å². The fourth-order valence-electron chi connectivity index (χ4n) is 3.04. The highest BCUT2D eigenvalue weighted by Crippen LogP contribution is 2.20. The van der Waals surface area contributed by atoms with Crippen LogP contribution in [0.15, 0.2) is 12.2 Å². The first-order valence-electron chi connectivity index (χ1n) is 9.50. The lowest BCUT2D eigenvalue weighted by Crippen LogP contribution is -2.43. The van der Waals surface area contributed by atoms with E-state index in [4.69, 9.17) is 9.84 Å². The summed E-state index contributed by atoms with van der Waals surface area (Å²) < 4.78 is 5.01. The number of carboxylic acids is 1. The highest BCUT2D eigenvalue weighted by Gasteiger charge is 2.25.